The van der Waals surface area contributed by atoms with Crippen LogP contribution >= 0.6 is 36.4 Å². The minimum atomic E-state index is 0. The molecule has 3 nitrogen and oxygen atoms in total. The maximum absolute atomic E-state index is 6.50. The zero-order chi connectivity index (χ0) is 16.0. The summed E-state index contributed by atoms with van der Waals surface area (Å²) >= 11 is 6.50. The summed E-state index contributed by atoms with van der Waals surface area (Å²) in [5, 5.41) is 4.60. The van der Waals surface area contributed by atoms with Crippen molar-refractivity contribution < 1.29 is 4.74 Å². The van der Waals surface area contributed by atoms with Crippen LogP contribution in [0.2, 0.25) is 5.02 Å². The molecule has 142 valence electrons. The van der Waals surface area contributed by atoms with E-state index in [1.54, 1.807) is 0 Å². The summed E-state index contributed by atoms with van der Waals surface area (Å²) in [6.45, 7) is 5.63. The molecule has 0 bridgehead atoms. The van der Waals surface area contributed by atoms with Crippen molar-refractivity contribution in [2.24, 2.45) is 0 Å². The largest absolute Gasteiger partial charge is 0.489 e. The summed E-state index contributed by atoms with van der Waals surface area (Å²) in [6, 6.07) is 7.53. The van der Waals surface area contributed by atoms with Crippen molar-refractivity contribution in [1.82, 2.24) is 5.32 Å². The number of nitrogens with zero attached hydrogens (tertiary/aromatic N) is 1. The van der Waals surface area contributed by atoms with Gasteiger partial charge in [-0.1, -0.05) is 24.4 Å². The molecule has 1 saturated heterocycles. The van der Waals surface area contributed by atoms with Crippen molar-refractivity contribution in [2.45, 2.75) is 76.1 Å². The van der Waals surface area contributed by atoms with Crippen molar-refractivity contribution in [3.8, 4) is 5.75 Å². The lowest BCUT2D eigenvalue weighted by molar-refractivity contribution is 0.199. The van der Waals surface area contributed by atoms with Gasteiger partial charge in [-0.2, -0.15) is 0 Å². The monoisotopic (exact) mass is 406 g/mol. The highest BCUT2D eigenvalue weighted by Crippen LogP contribution is 2.38. The molecule has 3 aliphatic rings. The van der Waals surface area contributed by atoms with Crippen molar-refractivity contribution in [3.05, 3.63) is 23.2 Å². The van der Waals surface area contributed by atoms with E-state index in [1.807, 2.05) is 0 Å². The summed E-state index contributed by atoms with van der Waals surface area (Å²) in [6.07, 6.45) is 7.93. The molecule has 1 aliphatic heterocycles. The van der Waals surface area contributed by atoms with Crippen LogP contribution in [0.1, 0.15) is 52.4 Å². The average molecular weight is 408 g/mol. The number of hydrogen-bond acceptors (Lipinski definition) is 3. The van der Waals surface area contributed by atoms with Gasteiger partial charge in [0.15, 0.2) is 0 Å². The number of nitrogens with one attached hydrogen (secondary N) is 1. The molecular formula is C19H29Cl3N2O. The van der Waals surface area contributed by atoms with Crippen molar-refractivity contribution in [3.63, 3.8) is 0 Å². The highest BCUT2D eigenvalue weighted by Gasteiger charge is 2.40. The van der Waals surface area contributed by atoms with E-state index >= 15 is 0 Å². The Bertz CT molecular complexity index is 592. The van der Waals surface area contributed by atoms with Crippen LogP contribution in [-0.4, -0.2) is 30.3 Å². The third-order valence-electron chi connectivity index (χ3n) is 5.34. The van der Waals surface area contributed by atoms with Gasteiger partial charge in [0.05, 0.1) is 11.1 Å². The van der Waals surface area contributed by atoms with Gasteiger partial charge in [0, 0.05) is 29.9 Å². The first-order chi connectivity index (χ1) is 11.0. The van der Waals surface area contributed by atoms with Crippen LogP contribution in [0.15, 0.2) is 18.2 Å². The summed E-state index contributed by atoms with van der Waals surface area (Å²) in [7, 11) is 0. The third kappa shape index (κ3) is 4.68. The fourth-order valence-corrected chi connectivity index (χ4v) is 4.37. The molecule has 2 atom stereocenters. The number of ether oxygens (including phenoxy) is 1. The summed E-state index contributed by atoms with van der Waals surface area (Å²) in [5.41, 5.74) is 1.37. The molecule has 1 aromatic carbocycles. The molecule has 0 unspecified atom stereocenters. The standard InChI is InChI=1S/C19H27ClN2O.2ClH/c1-19(2)12-22(17-6-4-3-5-16(17)21-19)13-7-10-18(15(20)11-13)23-14-8-9-14;;/h7,10-11,14,16-17,21H,3-6,8-9,12H2,1-2H3;2*1H/t16-,17+;;/m1../s1. The first-order valence-corrected chi connectivity index (χ1v) is 9.40. The minimum absolute atomic E-state index is 0. The van der Waals surface area contributed by atoms with Crippen LogP contribution in [0.25, 0.3) is 0 Å². The molecule has 4 rings (SSSR count). The lowest BCUT2D eigenvalue weighted by Crippen LogP contribution is -2.67. The van der Waals surface area contributed by atoms with E-state index in [4.69, 9.17) is 16.3 Å². The zero-order valence-corrected chi connectivity index (χ0v) is 17.4. The molecule has 0 spiro atoms. The molecule has 1 heterocycles. The number of piperazine rings is 1. The molecule has 0 aromatic heterocycles. The smallest absolute Gasteiger partial charge is 0.138 e. The van der Waals surface area contributed by atoms with Gasteiger partial charge in [-0.25, -0.2) is 0 Å². The van der Waals surface area contributed by atoms with Crippen LogP contribution in [0, 0.1) is 0 Å². The van der Waals surface area contributed by atoms with Gasteiger partial charge in [-0.3, -0.25) is 0 Å². The van der Waals surface area contributed by atoms with E-state index < -0.39 is 0 Å². The van der Waals surface area contributed by atoms with Gasteiger partial charge in [0.2, 0.25) is 0 Å². The predicted octanol–water partition coefficient (Wildman–Crippen LogP) is 5.22. The van der Waals surface area contributed by atoms with Crippen molar-refractivity contribution in [2.75, 3.05) is 11.4 Å². The molecule has 25 heavy (non-hydrogen) atoms. The Hall–Kier alpha value is -0.350. The average Bonchev–Trinajstić information content (AvgIpc) is 3.31. The van der Waals surface area contributed by atoms with Gasteiger partial charge in [0.25, 0.3) is 0 Å². The third-order valence-corrected chi connectivity index (χ3v) is 5.63. The van der Waals surface area contributed by atoms with Crippen LogP contribution in [0.4, 0.5) is 5.69 Å². The second-order valence-electron chi connectivity index (χ2n) is 8.05. The Morgan fingerprint density at radius 1 is 1.12 bits per heavy atom. The van der Waals surface area contributed by atoms with Crippen LogP contribution < -0.4 is 15.0 Å². The fraction of sp³-hybridized carbons (Fsp3) is 0.684. The van der Waals surface area contributed by atoms with E-state index in [0.29, 0.717) is 18.2 Å². The topological polar surface area (TPSA) is 24.5 Å². The van der Waals surface area contributed by atoms with Gasteiger partial charge in [-0.05, 0) is 57.7 Å². The highest BCUT2D eigenvalue weighted by atomic mass is 35.5. The Labute approximate surface area is 168 Å². The van der Waals surface area contributed by atoms with E-state index in [2.05, 4.69) is 42.3 Å². The fourth-order valence-electron chi connectivity index (χ4n) is 4.16. The predicted molar refractivity (Wildman–Crippen MR) is 110 cm³/mol. The quantitative estimate of drug-likeness (QED) is 0.743. The molecule has 0 radical (unpaired) electrons. The second kappa shape index (κ2) is 8.12. The van der Waals surface area contributed by atoms with Gasteiger partial charge in [-0.15, -0.1) is 24.8 Å². The molecule has 0 amide bonds. The number of fused-ring (bicyclic) bond motifs is 1. The van der Waals surface area contributed by atoms with Crippen molar-refractivity contribution >= 4 is 42.1 Å². The van der Waals surface area contributed by atoms with Crippen LogP contribution in [-0.2, 0) is 0 Å². The maximum Gasteiger partial charge on any atom is 0.138 e. The molecule has 1 N–H and O–H groups in total. The zero-order valence-electron chi connectivity index (χ0n) is 15.0. The molecule has 2 aliphatic carbocycles. The number of anilines is 1. The summed E-state index contributed by atoms with van der Waals surface area (Å²) in [5.74, 6) is 0.840. The van der Waals surface area contributed by atoms with Gasteiger partial charge in [0.1, 0.15) is 5.75 Å². The Morgan fingerprint density at radius 2 is 1.84 bits per heavy atom. The highest BCUT2D eigenvalue weighted by molar-refractivity contribution is 6.32. The molecular weight excluding hydrogens is 379 g/mol. The summed E-state index contributed by atoms with van der Waals surface area (Å²) in [4.78, 5) is 2.58. The number of benzene rings is 1. The number of halogens is 3. The Balaban J connectivity index is 0.00000113. The maximum atomic E-state index is 6.50. The lowest BCUT2D eigenvalue weighted by atomic mass is 9.83. The van der Waals surface area contributed by atoms with E-state index in [0.717, 1.165) is 30.2 Å². The normalized spacial score (nSPS) is 27.6. The van der Waals surface area contributed by atoms with Gasteiger partial charge >= 0.3 is 0 Å². The first kappa shape index (κ1) is 21.0. The SMILES string of the molecule is CC1(C)CN(c2ccc(OC3CC3)c(Cl)c2)[C@H]2CCCC[C@H]2N1.Cl.Cl. The lowest BCUT2D eigenvalue weighted by Gasteiger charge is -2.52. The Kier molecular flexibility index (Phi) is 6.81. The van der Waals surface area contributed by atoms with E-state index in [9.17, 15) is 0 Å². The van der Waals surface area contributed by atoms with E-state index in [1.165, 1.54) is 31.4 Å². The molecule has 3 fully saturated rings. The first-order valence-electron chi connectivity index (χ1n) is 9.02. The number of rotatable bonds is 3. The second-order valence-corrected chi connectivity index (χ2v) is 8.45. The van der Waals surface area contributed by atoms with Crippen LogP contribution in [0.3, 0.4) is 0 Å². The van der Waals surface area contributed by atoms with Gasteiger partial charge < -0.3 is 15.0 Å². The molecule has 2 saturated carbocycles. The van der Waals surface area contributed by atoms with E-state index in [-0.39, 0.29) is 30.4 Å². The van der Waals surface area contributed by atoms with Crippen molar-refractivity contribution in [1.29, 1.82) is 0 Å². The number of hydrogen-bond donors (Lipinski definition) is 1. The Morgan fingerprint density at radius 3 is 2.52 bits per heavy atom. The molecule has 6 heteroatoms. The van der Waals surface area contributed by atoms with Crippen LogP contribution in [0.5, 0.6) is 5.75 Å². The molecule has 1 aromatic rings. The minimum Gasteiger partial charge on any atom is -0.489 e. The summed E-state index contributed by atoms with van der Waals surface area (Å²) < 4.78 is 5.88.